The van der Waals surface area contributed by atoms with Gasteiger partial charge in [-0.2, -0.15) is 0 Å². The Labute approximate surface area is 678 Å². The molecule has 0 saturated carbocycles. The minimum atomic E-state index is 0.686. The average Bonchev–Trinajstić information content (AvgIpc) is 1.60. The van der Waals surface area contributed by atoms with Crippen LogP contribution in [0.15, 0.2) is 417 Å². The second-order valence-corrected chi connectivity index (χ2v) is 29.6. The van der Waals surface area contributed by atoms with E-state index >= 15 is 0 Å². The van der Waals surface area contributed by atoms with Crippen molar-refractivity contribution in [2.45, 2.75) is 0 Å². The standard InChI is InChI=1S/C56H36N6.C51H32N4O/c1-4-15-37(16-5-1)48-34-49(38-17-6-2-7-18-38)60-56(59-48)42-20-14-19-39(31-42)40-27-29-54-46(32-40)45-24-11-13-26-52(45)62(54)55-36-57-50(35-58-55)41-28-30-53-47(33-41)44-23-10-12-25-51(44)61(53)43-21-8-3-9-22-43;1-3-12-34(13-4-1)44-31-45(35-14-5-2-6-15-35)54-51(53-44)36-24-22-33(23-25-36)37-26-28-47-43(30-37)40-16-7-9-20-46(40)55(47)49-29-27-38(32-52-49)39-18-11-19-42-41-17-8-10-21-48(41)56-50(39)42/h1-36H;1-32H. The molecule has 0 saturated heterocycles. The quantitative estimate of drug-likeness (QED) is 0.112. The molecule has 0 spiro atoms. The van der Waals surface area contributed by atoms with E-state index in [1.54, 1.807) is 0 Å². The summed E-state index contributed by atoms with van der Waals surface area (Å²) in [6.07, 6.45) is 5.74. The first-order valence-electron chi connectivity index (χ1n) is 39.6. The SMILES string of the molecule is c1ccc(-c2cc(-c3ccccc3)nc(-c3ccc(-c4ccc5c(c4)c4ccccc4n5-c4ccc(-c5cccc6c5oc5ccccc56)cn4)cc3)n2)cc1.c1ccc(-c2cc(-c3ccccc3)nc(-c3cccc(-c4ccc5c(c4)c4ccccc4n5-c4cnc(-c5ccc6c(c5)c5ccccc5n6-c5ccccc5)cn4)c3)n2)cc1. The minimum absolute atomic E-state index is 0.686. The summed E-state index contributed by atoms with van der Waals surface area (Å²) in [5.41, 5.74) is 27.6. The van der Waals surface area contributed by atoms with Gasteiger partial charge < -0.3 is 8.98 Å². The van der Waals surface area contributed by atoms with E-state index < -0.39 is 0 Å². The Balaban J connectivity index is 0.000000143. The second kappa shape index (κ2) is 29.1. The van der Waals surface area contributed by atoms with E-state index in [-0.39, 0.29) is 0 Å². The van der Waals surface area contributed by atoms with Crippen LogP contribution in [0.3, 0.4) is 0 Å². The molecule has 0 N–H and O–H groups in total. The van der Waals surface area contributed by atoms with Gasteiger partial charge in [0.15, 0.2) is 17.5 Å². The first kappa shape index (κ1) is 68.7. The van der Waals surface area contributed by atoms with E-state index in [1.165, 1.54) is 27.1 Å². The van der Waals surface area contributed by atoms with Crippen LogP contribution in [0.4, 0.5) is 0 Å². The highest BCUT2D eigenvalue weighted by Crippen LogP contribution is 2.42. The number of hydrogen-bond donors (Lipinski definition) is 0. The zero-order valence-electron chi connectivity index (χ0n) is 63.6. The summed E-state index contributed by atoms with van der Waals surface area (Å²) in [6.45, 7) is 0. The number of hydrogen-bond acceptors (Lipinski definition) is 8. The maximum absolute atomic E-state index is 6.34. The fourth-order valence-electron chi connectivity index (χ4n) is 16.9. The molecule has 15 aromatic carbocycles. The molecule has 552 valence electrons. The number of fused-ring (bicyclic) bond motifs is 12. The molecule has 0 radical (unpaired) electrons. The molecule has 0 amide bonds. The maximum atomic E-state index is 6.34. The van der Waals surface area contributed by atoms with Gasteiger partial charge in [-0.1, -0.05) is 291 Å². The summed E-state index contributed by atoms with van der Waals surface area (Å²) >= 11 is 0. The van der Waals surface area contributed by atoms with Gasteiger partial charge in [0, 0.05) is 105 Å². The third-order valence-corrected chi connectivity index (χ3v) is 22.5. The van der Waals surface area contributed by atoms with Gasteiger partial charge in [0.05, 0.1) is 74.0 Å². The van der Waals surface area contributed by atoms with Crippen molar-refractivity contribution in [2.75, 3.05) is 0 Å². The number of nitrogens with zero attached hydrogens (tertiary/aromatic N) is 10. The van der Waals surface area contributed by atoms with Crippen LogP contribution in [0.5, 0.6) is 0 Å². The molecule has 8 heterocycles. The van der Waals surface area contributed by atoms with E-state index in [0.717, 1.165) is 178 Å². The molecule has 11 heteroatoms. The van der Waals surface area contributed by atoms with Gasteiger partial charge in [-0.25, -0.2) is 29.9 Å². The third-order valence-electron chi connectivity index (χ3n) is 22.5. The Morgan fingerprint density at radius 1 is 0.195 bits per heavy atom. The predicted octanol–water partition coefficient (Wildman–Crippen LogP) is 27.0. The van der Waals surface area contributed by atoms with Crippen LogP contribution in [0.2, 0.25) is 0 Å². The lowest BCUT2D eigenvalue weighted by Crippen LogP contribution is -1.99. The molecule has 0 unspecified atom stereocenters. The van der Waals surface area contributed by atoms with Crippen molar-refractivity contribution in [2.24, 2.45) is 0 Å². The van der Waals surface area contributed by atoms with Crippen molar-refractivity contribution in [1.29, 1.82) is 0 Å². The molecule has 118 heavy (non-hydrogen) atoms. The molecule has 0 aliphatic rings. The fraction of sp³-hybridized carbons (Fsp3) is 0. The highest BCUT2D eigenvalue weighted by atomic mass is 16.3. The summed E-state index contributed by atoms with van der Waals surface area (Å²) in [5.74, 6) is 3.01. The van der Waals surface area contributed by atoms with Gasteiger partial charge in [0.1, 0.15) is 17.0 Å². The second-order valence-electron chi connectivity index (χ2n) is 29.6. The van der Waals surface area contributed by atoms with Crippen molar-refractivity contribution < 1.29 is 4.42 Å². The third kappa shape index (κ3) is 12.4. The highest BCUT2D eigenvalue weighted by Gasteiger charge is 2.22. The zero-order chi connectivity index (χ0) is 78.0. The first-order valence-corrected chi connectivity index (χ1v) is 39.6. The molecule has 0 fully saturated rings. The van der Waals surface area contributed by atoms with Crippen LogP contribution in [-0.4, -0.2) is 48.6 Å². The Hall–Kier alpha value is -16.1. The number of rotatable bonds is 13. The normalized spacial score (nSPS) is 11.6. The van der Waals surface area contributed by atoms with Crippen LogP contribution in [0, 0.1) is 0 Å². The summed E-state index contributed by atoms with van der Waals surface area (Å²) in [6, 6.07) is 137. The Morgan fingerprint density at radius 2 is 0.576 bits per heavy atom. The lowest BCUT2D eigenvalue weighted by Gasteiger charge is -2.11. The number of pyridine rings is 1. The summed E-state index contributed by atoms with van der Waals surface area (Å²) in [5, 5.41) is 9.26. The zero-order valence-corrected chi connectivity index (χ0v) is 63.6. The molecule has 8 aromatic heterocycles. The average molecular weight is 1510 g/mol. The van der Waals surface area contributed by atoms with Gasteiger partial charge in [-0.15, -0.1) is 0 Å². The lowest BCUT2D eigenvalue weighted by atomic mass is 10.00. The van der Waals surface area contributed by atoms with Crippen molar-refractivity contribution in [3.05, 3.63) is 413 Å². The van der Waals surface area contributed by atoms with Crippen molar-refractivity contribution in [3.8, 4) is 130 Å². The Kier molecular flexibility index (Phi) is 17.0. The molecular formula is C107H68N10O. The van der Waals surface area contributed by atoms with Crippen LogP contribution in [-0.2, 0) is 0 Å². The van der Waals surface area contributed by atoms with Crippen molar-refractivity contribution in [3.63, 3.8) is 0 Å². The van der Waals surface area contributed by atoms with Gasteiger partial charge >= 0.3 is 0 Å². The largest absolute Gasteiger partial charge is 0.455 e. The van der Waals surface area contributed by atoms with E-state index in [4.69, 9.17) is 39.3 Å². The van der Waals surface area contributed by atoms with Crippen LogP contribution < -0.4 is 0 Å². The predicted molar refractivity (Wildman–Crippen MR) is 482 cm³/mol. The highest BCUT2D eigenvalue weighted by molar-refractivity contribution is 6.14. The fourth-order valence-corrected chi connectivity index (χ4v) is 16.9. The monoisotopic (exact) mass is 1510 g/mol. The summed E-state index contributed by atoms with van der Waals surface area (Å²) < 4.78 is 13.1. The number of benzene rings is 15. The van der Waals surface area contributed by atoms with E-state index in [0.29, 0.717) is 11.6 Å². The van der Waals surface area contributed by atoms with Crippen molar-refractivity contribution >= 4 is 87.4 Å². The molecular weight excluding hydrogens is 1440 g/mol. The Morgan fingerprint density at radius 3 is 1.11 bits per heavy atom. The van der Waals surface area contributed by atoms with E-state index in [2.05, 4.69) is 323 Å². The Bertz CT molecular complexity index is 7640. The number of aromatic nitrogens is 10. The first-order chi connectivity index (χ1) is 58.5. The van der Waals surface area contributed by atoms with Crippen LogP contribution >= 0.6 is 0 Å². The van der Waals surface area contributed by atoms with E-state index in [9.17, 15) is 0 Å². The molecule has 0 bridgehead atoms. The minimum Gasteiger partial charge on any atom is -0.455 e. The van der Waals surface area contributed by atoms with Gasteiger partial charge in [0.25, 0.3) is 0 Å². The molecule has 11 nitrogen and oxygen atoms in total. The summed E-state index contributed by atoms with van der Waals surface area (Å²) in [7, 11) is 0. The lowest BCUT2D eigenvalue weighted by molar-refractivity contribution is 0.670. The van der Waals surface area contributed by atoms with Gasteiger partial charge in [0.2, 0.25) is 0 Å². The molecule has 0 aliphatic heterocycles. The molecule has 23 aromatic rings. The maximum Gasteiger partial charge on any atom is 0.160 e. The summed E-state index contributed by atoms with van der Waals surface area (Å²) in [4.78, 5) is 35.4. The van der Waals surface area contributed by atoms with Crippen LogP contribution in [0.25, 0.3) is 217 Å². The van der Waals surface area contributed by atoms with E-state index in [1.807, 2.05) is 104 Å². The van der Waals surface area contributed by atoms with Crippen LogP contribution in [0.1, 0.15) is 0 Å². The van der Waals surface area contributed by atoms with Crippen molar-refractivity contribution in [1.82, 2.24) is 48.6 Å². The molecule has 23 rings (SSSR count). The molecule has 0 aliphatic carbocycles. The smallest absolute Gasteiger partial charge is 0.160 e. The number of furan rings is 1. The van der Waals surface area contributed by atoms with Gasteiger partial charge in [-0.05, 0) is 125 Å². The molecule has 0 atom stereocenters. The number of para-hydroxylation sites is 6. The topological polar surface area (TPSA) is 118 Å². The van der Waals surface area contributed by atoms with Gasteiger partial charge in [-0.3, -0.25) is 14.1 Å².